The number of carbonyl (C=O) groups is 1. The molecule has 57 heavy (non-hydrogen) atoms. The number of unbranched alkanes of at least 4 members (excludes halogenated alkanes) is 33. The molecule has 0 N–H and O–H groups in total. The number of carbonyl (C=O) groups excluding carboxylic acids is 1. The first kappa shape index (κ1) is 56.5. The average Bonchev–Trinajstić information content (AvgIpc) is 3.16. The van der Waals surface area contributed by atoms with Gasteiger partial charge < -0.3 is 27.9 Å². The second-order valence-electron chi connectivity index (χ2n) is 18.2. The molecule has 0 fully saturated rings. The number of nitrogens with zero attached hydrogens (tertiary/aromatic N) is 1. The summed E-state index contributed by atoms with van der Waals surface area (Å²) in [6.07, 6.45) is 45.5. The van der Waals surface area contributed by atoms with Gasteiger partial charge in [0.25, 0.3) is 7.82 Å². The van der Waals surface area contributed by atoms with Crippen LogP contribution < -0.4 is 4.89 Å². The van der Waals surface area contributed by atoms with Crippen molar-refractivity contribution in [3.8, 4) is 0 Å². The smallest absolute Gasteiger partial charge is 0.306 e. The van der Waals surface area contributed by atoms with Crippen molar-refractivity contribution < 1.29 is 37.3 Å². The van der Waals surface area contributed by atoms with E-state index >= 15 is 0 Å². The molecule has 0 radical (unpaired) electrons. The van der Waals surface area contributed by atoms with Gasteiger partial charge in [0, 0.05) is 13.0 Å². The lowest BCUT2D eigenvalue weighted by Crippen LogP contribution is -2.37. The predicted octanol–water partition coefficient (Wildman–Crippen LogP) is 14.2. The van der Waals surface area contributed by atoms with Crippen LogP contribution in [0.1, 0.15) is 245 Å². The molecule has 0 aliphatic heterocycles. The van der Waals surface area contributed by atoms with E-state index in [0.717, 1.165) is 32.1 Å². The van der Waals surface area contributed by atoms with Crippen LogP contribution >= 0.6 is 7.82 Å². The Bertz CT molecular complexity index is 883. The highest BCUT2D eigenvalue weighted by Crippen LogP contribution is 2.38. The average molecular weight is 832 g/mol. The number of phosphoric acid groups is 1. The molecule has 0 aromatic heterocycles. The van der Waals surface area contributed by atoms with Crippen LogP contribution in [0, 0.1) is 0 Å². The molecule has 2 atom stereocenters. The van der Waals surface area contributed by atoms with Gasteiger partial charge in [-0.25, -0.2) is 0 Å². The van der Waals surface area contributed by atoms with Crippen molar-refractivity contribution in [1.29, 1.82) is 0 Å². The second kappa shape index (κ2) is 42.2. The molecule has 0 aromatic rings. The minimum Gasteiger partial charge on any atom is -0.756 e. The first-order chi connectivity index (χ1) is 27.6. The van der Waals surface area contributed by atoms with Crippen LogP contribution in [0.25, 0.3) is 0 Å². The Balaban J connectivity index is 4.09. The van der Waals surface area contributed by atoms with Crippen LogP contribution in [0.15, 0.2) is 0 Å². The molecule has 0 bridgehead atoms. The standard InChI is InChI=1S/C48H98NO7P/c1-6-8-10-12-14-16-18-20-22-23-24-25-26-28-30-32-34-36-38-40-43-53-45-47(46-55-57(51,52)54-44-42-49(3,4)5)56-48(50)41-39-37-35-33-31-29-27-21-19-17-15-13-11-9-7-2/h47H,6-46H2,1-5H3/t47-/m1/s1. The fourth-order valence-electron chi connectivity index (χ4n) is 7.31. The van der Waals surface area contributed by atoms with E-state index in [0.29, 0.717) is 24.1 Å². The third kappa shape index (κ3) is 46.4. The molecule has 9 heteroatoms. The summed E-state index contributed by atoms with van der Waals surface area (Å²) in [6.45, 7) is 5.48. The van der Waals surface area contributed by atoms with E-state index in [1.807, 2.05) is 21.1 Å². The van der Waals surface area contributed by atoms with Gasteiger partial charge in [0.15, 0.2) is 0 Å². The Kier molecular flexibility index (Phi) is 41.8. The summed E-state index contributed by atoms with van der Waals surface area (Å²) >= 11 is 0. The molecular formula is C48H98NO7P. The van der Waals surface area contributed by atoms with Gasteiger partial charge >= 0.3 is 5.97 Å². The van der Waals surface area contributed by atoms with Gasteiger partial charge in [0.2, 0.25) is 0 Å². The molecule has 0 aromatic carbocycles. The number of likely N-dealkylation sites (N-methyl/N-ethyl adjacent to an activating group) is 1. The van der Waals surface area contributed by atoms with E-state index in [-0.39, 0.29) is 25.8 Å². The van der Waals surface area contributed by atoms with Crippen LogP contribution in [-0.2, 0) is 27.9 Å². The third-order valence-corrected chi connectivity index (χ3v) is 12.1. The highest BCUT2D eigenvalue weighted by atomic mass is 31.2. The fraction of sp³-hybridized carbons (Fsp3) is 0.979. The highest BCUT2D eigenvalue weighted by Gasteiger charge is 2.20. The van der Waals surface area contributed by atoms with Gasteiger partial charge in [-0.15, -0.1) is 0 Å². The zero-order valence-electron chi connectivity index (χ0n) is 38.8. The van der Waals surface area contributed by atoms with E-state index in [2.05, 4.69) is 13.8 Å². The van der Waals surface area contributed by atoms with E-state index in [1.54, 1.807) is 0 Å². The monoisotopic (exact) mass is 832 g/mol. The summed E-state index contributed by atoms with van der Waals surface area (Å²) in [5, 5.41) is 0. The molecule has 0 saturated heterocycles. The molecule has 0 heterocycles. The molecule has 0 rings (SSSR count). The van der Waals surface area contributed by atoms with Gasteiger partial charge in [-0.05, 0) is 12.8 Å². The van der Waals surface area contributed by atoms with Crippen LogP contribution in [0.2, 0.25) is 0 Å². The molecule has 0 aliphatic rings. The molecule has 8 nitrogen and oxygen atoms in total. The first-order valence-corrected chi connectivity index (χ1v) is 26.2. The zero-order valence-corrected chi connectivity index (χ0v) is 39.7. The number of rotatable bonds is 47. The Hall–Kier alpha value is -0.500. The normalized spacial score (nSPS) is 13.6. The summed E-state index contributed by atoms with van der Waals surface area (Å²) in [5.74, 6) is -0.327. The van der Waals surface area contributed by atoms with Crippen molar-refractivity contribution in [2.24, 2.45) is 0 Å². The topological polar surface area (TPSA) is 94.1 Å². The van der Waals surface area contributed by atoms with Gasteiger partial charge in [-0.1, -0.05) is 226 Å². The number of ether oxygens (including phenoxy) is 2. The molecular weight excluding hydrogens is 734 g/mol. The van der Waals surface area contributed by atoms with Gasteiger partial charge in [-0.2, -0.15) is 0 Å². The van der Waals surface area contributed by atoms with Crippen molar-refractivity contribution in [3.63, 3.8) is 0 Å². The van der Waals surface area contributed by atoms with Crippen LogP contribution in [-0.4, -0.2) is 70.7 Å². The fourth-order valence-corrected chi connectivity index (χ4v) is 8.04. The maximum absolute atomic E-state index is 12.7. The lowest BCUT2D eigenvalue weighted by molar-refractivity contribution is -0.870. The van der Waals surface area contributed by atoms with Crippen molar-refractivity contribution in [2.45, 2.75) is 251 Å². The van der Waals surface area contributed by atoms with Crippen molar-refractivity contribution in [3.05, 3.63) is 0 Å². The number of hydrogen-bond donors (Lipinski definition) is 0. The zero-order chi connectivity index (χ0) is 42.0. The van der Waals surface area contributed by atoms with Crippen LogP contribution in [0.3, 0.4) is 0 Å². The minimum absolute atomic E-state index is 0.0316. The van der Waals surface area contributed by atoms with E-state index in [4.69, 9.17) is 18.5 Å². The van der Waals surface area contributed by atoms with E-state index in [9.17, 15) is 14.3 Å². The van der Waals surface area contributed by atoms with E-state index in [1.165, 1.54) is 193 Å². The van der Waals surface area contributed by atoms with Gasteiger partial charge in [-0.3, -0.25) is 9.36 Å². The molecule has 0 aliphatic carbocycles. The summed E-state index contributed by atoms with van der Waals surface area (Å²) in [5.41, 5.74) is 0. The molecule has 1 unspecified atom stereocenters. The summed E-state index contributed by atoms with van der Waals surface area (Å²) in [4.78, 5) is 25.1. The number of phosphoric ester groups is 1. The Morgan fingerprint density at radius 3 is 1.16 bits per heavy atom. The van der Waals surface area contributed by atoms with Gasteiger partial charge in [0.05, 0.1) is 34.4 Å². The maximum Gasteiger partial charge on any atom is 0.306 e. The minimum atomic E-state index is -4.52. The lowest BCUT2D eigenvalue weighted by atomic mass is 10.0. The molecule has 0 spiro atoms. The van der Waals surface area contributed by atoms with E-state index < -0.39 is 13.9 Å². The number of esters is 1. The maximum atomic E-state index is 12.7. The summed E-state index contributed by atoms with van der Waals surface area (Å²) in [6, 6.07) is 0. The SMILES string of the molecule is CCCCCCCCCCCCCCCCCCCCCCOC[C@H](COP(=O)([O-])OCC[N+](C)(C)C)OC(=O)CCCCCCCCCCCCCCCCC. The highest BCUT2D eigenvalue weighted by molar-refractivity contribution is 7.45. The Labute approximate surface area is 355 Å². The predicted molar refractivity (Wildman–Crippen MR) is 241 cm³/mol. The molecule has 0 amide bonds. The first-order valence-electron chi connectivity index (χ1n) is 24.8. The number of hydrogen-bond acceptors (Lipinski definition) is 7. The van der Waals surface area contributed by atoms with Gasteiger partial charge in [0.1, 0.15) is 19.3 Å². The molecule has 342 valence electrons. The lowest BCUT2D eigenvalue weighted by Gasteiger charge is -2.28. The Morgan fingerprint density at radius 2 is 0.807 bits per heavy atom. The largest absolute Gasteiger partial charge is 0.756 e. The van der Waals surface area contributed by atoms with Crippen molar-refractivity contribution >= 4 is 13.8 Å². The van der Waals surface area contributed by atoms with Crippen LogP contribution in [0.4, 0.5) is 0 Å². The molecule has 0 saturated carbocycles. The Morgan fingerprint density at radius 1 is 0.474 bits per heavy atom. The van der Waals surface area contributed by atoms with Crippen LogP contribution in [0.5, 0.6) is 0 Å². The summed E-state index contributed by atoms with van der Waals surface area (Å²) in [7, 11) is 1.38. The quantitative estimate of drug-likeness (QED) is 0.0261. The second-order valence-corrected chi connectivity index (χ2v) is 19.6. The number of quaternary nitrogens is 1. The van der Waals surface area contributed by atoms with Crippen molar-refractivity contribution in [1.82, 2.24) is 0 Å². The summed E-state index contributed by atoms with van der Waals surface area (Å²) < 4.78 is 34.7. The van der Waals surface area contributed by atoms with Crippen molar-refractivity contribution in [2.75, 3.05) is 54.1 Å². The third-order valence-electron chi connectivity index (χ3n) is 11.2.